The Morgan fingerprint density at radius 1 is 1.35 bits per heavy atom. The summed E-state index contributed by atoms with van der Waals surface area (Å²) >= 11 is 0. The Balaban J connectivity index is 2.08. The van der Waals surface area contributed by atoms with Crippen molar-refractivity contribution in [1.82, 2.24) is 0 Å². The van der Waals surface area contributed by atoms with Gasteiger partial charge in [0.2, 0.25) is 0 Å². The SMILES string of the molecule is CO[C@@H]1C(C)CC[C@]2(CO2)[C@H]1C(C)(C)OCCC(C)C. The molecule has 1 aliphatic carbocycles. The van der Waals surface area contributed by atoms with E-state index < -0.39 is 0 Å². The number of hydrogen-bond donors (Lipinski definition) is 0. The van der Waals surface area contributed by atoms with E-state index in [1.165, 1.54) is 6.42 Å². The minimum Gasteiger partial charge on any atom is -0.381 e. The van der Waals surface area contributed by atoms with Crippen LogP contribution in [0.15, 0.2) is 0 Å². The fraction of sp³-hybridized carbons (Fsp3) is 1.00. The van der Waals surface area contributed by atoms with Crippen LogP contribution in [0.5, 0.6) is 0 Å². The third kappa shape index (κ3) is 3.20. The van der Waals surface area contributed by atoms with E-state index in [0.29, 0.717) is 17.8 Å². The van der Waals surface area contributed by atoms with Gasteiger partial charge in [0.15, 0.2) is 0 Å². The van der Waals surface area contributed by atoms with Gasteiger partial charge in [-0.3, -0.25) is 0 Å². The van der Waals surface area contributed by atoms with Crippen molar-refractivity contribution in [2.45, 2.75) is 71.2 Å². The summed E-state index contributed by atoms with van der Waals surface area (Å²) in [4.78, 5) is 0. The van der Waals surface area contributed by atoms with Gasteiger partial charge in [-0.2, -0.15) is 0 Å². The third-order valence-electron chi connectivity index (χ3n) is 5.18. The second kappa shape index (κ2) is 5.94. The zero-order chi connectivity index (χ0) is 15.0. The number of ether oxygens (including phenoxy) is 3. The van der Waals surface area contributed by atoms with Crippen LogP contribution in [-0.2, 0) is 14.2 Å². The number of rotatable bonds is 6. The van der Waals surface area contributed by atoms with Crippen LogP contribution in [0.2, 0.25) is 0 Å². The summed E-state index contributed by atoms with van der Waals surface area (Å²) in [5.74, 6) is 1.59. The lowest BCUT2D eigenvalue weighted by Gasteiger charge is -2.47. The monoisotopic (exact) mass is 284 g/mol. The van der Waals surface area contributed by atoms with E-state index in [0.717, 1.165) is 26.1 Å². The van der Waals surface area contributed by atoms with Crippen LogP contribution >= 0.6 is 0 Å². The van der Waals surface area contributed by atoms with Gasteiger partial charge in [0, 0.05) is 19.6 Å². The van der Waals surface area contributed by atoms with E-state index in [1.807, 2.05) is 7.11 Å². The van der Waals surface area contributed by atoms with Crippen molar-refractivity contribution < 1.29 is 14.2 Å². The minimum absolute atomic E-state index is 0.0223. The van der Waals surface area contributed by atoms with Crippen molar-refractivity contribution in [3.63, 3.8) is 0 Å². The summed E-state index contributed by atoms with van der Waals surface area (Å²) in [6.07, 6.45) is 3.68. The lowest BCUT2D eigenvalue weighted by Crippen LogP contribution is -2.55. The second-order valence-electron chi connectivity index (χ2n) is 7.68. The zero-order valence-corrected chi connectivity index (χ0v) is 14.1. The largest absolute Gasteiger partial charge is 0.381 e. The maximum absolute atomic E-state index is 6.28. The van der Waals surface area contributed by atoms with Crippen molar-refractivity contribution in [1.29, 1.82) is 0 Å². The summed E-state index contributed by atoms with van der Waals surface area (Å²) in [6, 6.07) is 0. The predicted octanol–water partition coefficient (Wildman–Crippen LogP) is 3.66. The van der Waals surface area contributed by atoms with Gasteiger partial charge in [0.25, 0.3) is 0 Å². The summed E-state index contributed by atoms with van der Waals surface area (Å²) < 4.78 is 18.0. The van der Waals surface area contributed by atoms with E-state index in [1.54, 1.807) is 0 Å². The molecule has 0 aromatic carbocycles. The highest BCUT2D eigenvalue weighted by Gasteiger charge is 2.62. The van der Waals surface area contributed by atoms with Gasteiger partial charge < -0.3 is 14.2 Å². The van der Waals surface area contributed by atoms with Crippen LogP contribution in [-0.4, -0.2) is 37.6 Å². The molecule has 118 valence electrons. The number of hydrogen-bond acceptors (Lipinski definition) is 3. The molecule has 0 N–H and O–H groups in total. The molecule has 1 spiro atoms. The summed E-state index contributed by atoms with van der Waals surface area (Å²) in [6.45, 7) is 12.9. The number of epoxide rings is 1. The summed E-state index contributed by atoms with van der Waals surface area (Å²) in [5, 5.41) is 0. The third-order valence-corrected chi connectivity index (χ3v) is 5.18. The van der Waals surface area contributed by atoms with Crippen LogP contribution in [0.1, 0.15) is 53.9 Å². The molecule has 0 aromatic rings. The Hall–Kier alpha value is -0.120. The van der Waals surface area contributed by atoms with E-state index in [-0.39, 0.29) is 17.3 Å². The van der Waals surface area contributed by atoms with Crippen LogP contribution in [0.3, 0.4) is 0 Å². The molecule has 1 unspecified atom stereocenters. The van der Waals surface area contributed by atoms with Crippen molar-refractivity contribution in [3.05, 3.63) is 0 Å². The molecule has 0 amide bonds. The molecule has 2 fully saturated rings. The quantitative estimate of drug-likeness (QED) is 0.697. The van der Waals surface area contributed by atoms with Crippen molar-refractivity contribution >= 4 is 0 Å². The Morgan fingerprint density at radius 3 is 2.50 bits per heavy atom. The molecule has 4 atom stereocenters. The molecule has 2 rings (SSSR count). The standard InChI is InChI=1S/C17H32O3/c1-12(2)8-10-19-16(4,5)15-14(18-6)13(3)7-9-17(15)11-20-17/h12-15H,7-11H2,1-6H3/t13?,14-,15-,17+/m1/s1. The highest BCUT2D eigenvalue weighted by atomic mass is 16.6. The highest BCUT2D eigenvalue weighted by Crippen LogP contribution is 2.53. The Morgan fingerprint density at radius 2 is 2.00 bits per heavy atom. The molecule has 0 radical (unpaired) electrons. The molecule has 3 nitrogen and oxygen atoms in total. The van der Waals surface area contributed by atoms with Gasteiger partial charge in [-0.25, -0.2) is 0 Å². The molecule has 0 aromatic heterocycles. The maximum Gasteiger partial charge on any atom is 0.0996 e. The fourth-order valence-corrected chi connectivity index (χ4v) is 3.88. The molecule has 0 bridgehead atoms. The topological polar surface area (TPSA) is 31.0 Å². The molecule has 1 heterocycles. The van der Waals surface area contributed by atoms with Crippen molar-refractivity contribution in [2.24, 2.45) is 17.8 Å². The first-order valence-electron chi connectivity index (χ1n) is 8.13. The van der Waals surface area contributed by atoms with Gasteiger partial charge in [-0.1, -0.05) is 20.8 Å². The van der Waals surface area contributed by atoms with Crippen molar-refractivity contribution in [3.8, 4) is 0 Å². The van der Waals surface area contributed by atoms with Gasteiger partial charge in [-0.15, -0.1) is 0 Å². The molecule has 3 heteroatoms. The van der Waals surface area contributed by atoms with Gasteiger partial charge >= 0.3 is 0 Å². The van der Waals surface area contributed by atoms with Crippen LogP contribution in [0, 0.1) is 17.8 Å². The summed E-state index contributed by atoms with van der Waals surface area (Å²) in [7, 11) is 1.83. The zero-order valence-electron chi connectivity index (χ0n) is 14.1. The lowest BCUT2D eigenvalue weighted by molar-refractivity contribution is -0.159. The first kappa shape index (κ1) is 16.3. The lowest BCUT2D eigenvalue weighted by atomic mass is 9.66. The maximum atomic E-state index is 6.28. The predicted molar refractivity (Wildman–Crippen MR) is 80.9 cm³/mol. The molecular formula is C17H32O3. The Labute approximate surface area is 124 Å². The Bertz CT molecular complexity index is 320. The Kier molecular flexibility index (Phi) is 4.83. The average molecular weight is 284 g/mol. The first-order valence-corrected chi connectivity index (χ1v) is 8.13. The molecule has 2 aliphatic rings. The number of methoxy groups -OCH3 is 1. The molecule has 1 aliphatic heterocycles. The van der Waals surface area contributed by atoms with Crippen LogP contribution in [0.25, 0.3) is 0 Å². The van der Waals surface area contributed by atoms with Crippen LogP contribution in [0.4, 0.5) is 0 Å². The molecule has 1 saturated carbocycles. The summed E-state index contributed by atoms with van der Waals surface area (Å²) in [5.41, 5.74) is -0.171. The minimum atomic E-state index is -0.194. The fourth-order valence-electron chi connectivity index (χ4n) is 3.88. The van der Waals surface area contributed by atoms with Gasteiger partial charge in [0.05, 0.1) is 23.9 Å². The molecular weight excluding hydrogens is 252 g/mol. The van der Waals surface area contributed by atoms with Gasteiger partial charge in [0.1, 0.15) is 0 Å². The van der Waals surface area contributed by atoms with Crippen molar-refractivity contribution in [2.75, 3.05) is 20.3 Å². The van der Waals surface area contributed by atoms with Gasteiger partial charge in [-0.05, 0) is 44.9 Å². The van der Waals surface area contributed by atoms with E-state index in [4.69, 9.17) is 14.2 Å². The van der Waals surface area contributed by atoms with E-state index in [9.17, 15) is 0 Å². The second-order valence-corrected chi connectivity index (χ2v) is 7.68. The van der Waals surface area contributed by atoms with E-state index in [2.05, 4.69) is 34.6 Å². The van der Waals surface area contributed by atoms with E-state index >= 15 is 0 Å². The molecule has 20 heavy (non-hydrogen) atoms. The van der Waals surface area contributed by atoms with Crippen LogP contribution < -0.4 is 0 Å². The molecule has 1 saturated heterocycles. The average Bonchev–Trinajstić information content (AvgIpc) is 3.11. The smallest absolute Gasteiger partial charge is 0.0996 e. The normalized spacial score (nSPS) is 37.6. The highest BCUT2D eigenvalue weighted by molar-refractivity contribution is 5.11. The first-order chi connectivity index (χ1) is 9.32.